The summed E-state index contributed by atoms with van der Waals surface area (Å²) in [5.41, 5.74) is 23.1. The van der Waals surface area contributed by atoms with Crippen LogP contribution in [-0.4, -0.2) is 0 Å². The van der Waals surface area contributed by atoms with Crippen molar-refractivity contribution in [1.82, 2.24) is 0 Å². The predicted molar refractivity (Wildman–Crippen MR) is 289 cm³/mol. The van der Waals surface area contributed by atoms with Crippen molar-refractivity contribution in [2.45, 2.75) is 57.8 Å². The van der Waals surface area contributed by atoms with E-state index in [1.807, 2.05) is 48.5 Å². The Hall–Kier alpha value is -8.70. The molecule has 10 aromatic carbocycles. The van der Waals surface area contributed by atoms with Gasteiger partial charge in [0.15, 0.2) is 11.2 Å². The van der Waals surface area contributed by atoms with Crippen molar-refractivity contribution in [2.24, 2.45) is 0 Å². The standard InChI is InChI=1S/C67H44N2O2/c1-65(2)53-31-51-55(66(3,4)57-27-45(39-15-7-9-19-43(39)61(51)57)35-23-37(33-68)63-49(25-35)41-17-11-13-21-59(41)70-63)29-47(53)48-30-56-52(32-54(48)65)62-44-20-10-8-16-40(44)46(28-58(62)67(56,5)6)36-24-38(34-69)64-50(26-36)42-18-12-14-22-60(42)71-64/h7-32H,1-6H3. The minimum Gasteiger partial charge on any atom is -0.455 e. The minimum atomic E-state index is -0.311. The van der Waals surface area contributed by atoms with E-state index in [0.29, 0.717) is 22.3 Å². The molecule has 0 N–H and O–H groups in total. The van der Waals surface area contributed by atoms with Crippen molar-refractivity contribution in [1.29, 1.82) is 10.5 Å². The number of nitriles is 2. The van der Waals surface area contributed by atoms with Crippen LogP contribution in [0.1, 0.15) is 86.1 Å². The molecule has 0 atom stereocenters. The highest BCUT2D eigenvalue weighted by atomic mass is 16.3. The molecule has 0 bridgehead atoms. The van der Waals surface area contributed by atoms with Gasteiger partial charge in [0.2, 0.25) is 0 Å². The van der Waals surface area contributed by atoms with E-state index >= 15 is 0 Å². The largest absolute Gasteiger partial charge is 0.455 e. The van der Waals surface area contributed by atoms with E-state index in [1.54, 1.807) is 0 Å². The maximum Gasteiger partial charge on any atom is 0.153 e. The zero-order valence-electron chi connectivity index (χ0n) is 40.2. The second kappa shape index (κ2) is 13.3. The molecule has 12 aromatic rings. The molecule has 0 aliphatic heterocycles. The molecule has 0 fully saturated rings. The summed E-state index contributed by atoms with van der Waals surface area (Å²) < 4.78 is 12.5. The van der Waals surface area contributed by atoms with Gasteiger partial charge in [-0.15, -0.1) is 0 Å². The van der Waals surface area contributed by atoms with Crippen LogP contribution in [-0.2, 0) is 16.2 Å². The summed E-state index contributed by atoms with van der Waals surface area (Å²) in [5, 5.41) is 29.7. The molecule has 2 heterocycles. The van der Waals surface area contributed by atoms with Gasteiger partial charge in [0.05, 0.1) is 11.1 Å². The van der Waals surface area contributed by atoms with Gasteiger partial charge in [-0.3, -0.25) is 0 Å². The Morgan fingerprint density at radius 2 is 0.648 bits per heavy atom. The maximum absolute atomic E-state index is 10.5. The van der Waals surface area contributed by atoms with Gasteiger partial charge in [0.1, 0.15) is 23.3 Å². The molecule has 3 aliphatic carbocycles. The molecule has 4 heteroatoms. The number of hydrogen-bond acceptors (Lipinski definition) is 4. The zero-order chi connectivity index (χ0) is 48.0. The average molecular weight is 909 g/mol. The lowest BCUT2D eigenvalue weighted by Crippen LogP contribution is -2.17. The first-order valence-corrected chi connectivity index (χ1v) is 24.6. The van der Waals surface area contributed by atoms with Crippen molar-refractivity contribution in [3.8, 4) is 67.8 Å². The highest BCUT2D eigenvalue weighted by Gasteiger charge is 2.45. The van der Waals surface area contributed by atoms with Crippen LogP contribution >= 0.6 is 0 Å². The van der Waals surface area contributed by atoms with Crippen LogP contribution in [0.2, 0.25) is 0 Å². The van der Waals surface area contributed by atoms with Gasteiger partial charge < -0.3 is 8.83 Å². The topological polar surface area (TPSA) is 73.9 Å². The molecule has 0 saturated carbocycles. The van der Waals surface area contributed by atoms with Crippen molar-refractivity contribution in [3.63, 3.8) is 0 Å². The number of furan rings is 2. The Morgan fingerprint density at radius 3 is 1.06 bits per heavy atom. The molecule has 0 saturated heterocycles. The molecule has 4 nitrogen and oxygen atoms in total. The highest BCUT2D eigenvalue weighted by molar-refractivity contribution is 6.15. The summed E-state index contributed by atoms with van der Waals surface area (Å²) in [6.45, 7) is 14.4. The lowest BCUT2D eigenvalue weighted by atomic mass is 9.78. The Bertz CT molecular complexity index is 4280. The lowest BCUT2D eigenvalue weighted by molar-refractivity contribution is 0.649. The van der Waals surface area contributed by atoms with Crippen LogP contribution in [0, 0.1) is 22.7 Å². The smallest absolute Gasteiger partial charge is 0.153 e. The Balaban J connectivity index is 0.901. The van der Waals surface area contributed by atoms with Gasteiger partial charge in [-0.1, -0.05) is 126 Å². The molecule has 0 unspecified atom stereocenters. The van der Waals surface area contributed by atoms with Gasteiger partial charge in [0, 0.05) is 37.8 Å². The molecule has 15 rings (SSSR count). The first kappa shape index (κ1) is 40.2. The third kappa shape index (κ3) is 5.02. The number of rotatable bonds is 2. The first-order valence-electron chi connectivity index (χ1n) is 24.6. The van der Waals surface area contributed by atoms with E-state index in [9.17, 15) is 10.5 Å². The second-order valence-corrected chi connectivity index (χ2v) is 21.8. The summed E-state index contributed by atoms with van der Waals surface area (Å²) in [4.78, 5) is 0. The van der Waals surface area contributed by atoms with Gasteiger partial charge in [-0.2, -0.15) is 10.5 Å². The van der Waals surface area contributed by atoms with E-state index in [0.717, 1.165) is 55.0 Å². The van der Waals surface area contributed by atoms with E-state index in [2.05, 4.69) is 163 Å². The monoisotopic (exact) mass is 908 g/mol. The molecule has 0 radical (unpaired) electrons. The van der Waals surface area contributed by atoms with E-state index in [1.165, 1.54) is 88.3 Å². The summed E-state index contributed by atoms with van der Waals surface area (Å²) >= 11 is 0. The first-order chi connectivity index (χ1) is 34.4. The maximum atomic E-state index is 10.5. The van der Waals surface area contributed by atoms with Crippen LogP contribution in [0.15, 0.2) is 167 Å². The molecule has 3 aliphatic rings. The van der Waals surface area contributed by atoms with Gasteiger partial charge >= 0.3 is 0 Å². The van der Waals surface area contributed by atoms with Crippen molar-refractivity contribution in [3.05, 3.63) is 202 Å². The van der Waals surface area contributed by atoms with Crippen molar-refractivity contribution >= 4 is 65.4 Å². The molecule has 0 spiro atoms. The summed E-state index contributed by atoms with van der Waals surface area (Å²) in [5.74, 6) is 0. The van der Waals surface area contributed by atoms with Gasteiger partial charge in [0.25, 0.3) is 0 Å². The SMILES string of the molecule is CC1(C)c2cc3c(cc2-c2cc4c(cc21)-c1c(cc(-c2cc(C#N)c5oc6ccccc6c5c2)c2ccccc12)C4(C)C)C(C)(C)c1cc(-c2cc(C#N)c4oc5ccccc5c4c2)c2ccccc2c1-3. The fourth-order valence-corrected chi connectivity index (χ4v) is 13.5. The van der Waals surface area contributed by atoms with Gasteiger partial charge in [-0.25, -0.2) is 0 Å². The molecule has 0 amide bonds. The Labute approximate surface area is 410 Å². The number of benzene rings is 10. The second-order valence-electron chi connectivity index (χ2n) is 21.8. The van der Waals surface area contributed by atoms with Crippen LogP contribution in [0.5, 0.6) is 0 Å². The number of para-hydroxylation sites is 2. The summed E-state index contributed by atoms with van der Waals surface area (Å²) in [6.07, 6.45) is 0. The van der Waals surface area contributed by atoms with Gasteiger partial charge in [-0.05, 0) is 183 Å². The van der Waals surface area contributed by atoms with E-state index in [4.69, 9.17) is 8.83 Å². The fraction of sp³-hybridized carbons (Fsp3) is 0.134. The molecule has 71 heavy (non-hydrogen) atoms. The molecular weight excluding hydrogens is 865 g/mol. The van der Waals surface area contributed by atoms with Crippen LogP contribution in [0.4, 0.5) is 0 Å². The molecule has 334 valence electrons. The predicted octanol–water partition coefficient (Wildman–Crippen LogP) is 17.8. The van der Waals surface area contributed by atoms with Crippen LogP contribution in [0.3, 0.4) is 0 Å². The zero-order valence-corrected chi connectivity index (χ0v) is 40.2. The summed E-state index contributed by atoms with van der Waals surface area (Å²) in [6, 6.07) is 62.1. The fourth-order valence-electron chi connectivity index (χ4n) is 13.5. The van der Waals surface area contributed by atoms with Crippen LogP contribution in [0.25, 0.3) is 121 Å². The third-order valence-electron chi connectivity index (χ3n) is 17.1. The number of hydrogen-bond donors (Lipinski definition) is 0. The summed E-state index contributed by atoms with van der Waals surface area (Å²) in [7, 11) is 0. The van der Waals surface area contributed by atoms with Crippen LogP contribution < -0.4 is 0 Å². The minimum absolute atomic E-state index is 0.271. The number of fused-ring (bicyclic) bond motifs is 19. The van der Waals surface area contributed by atoms with E-state index < -0.39 is 0 Å². The lowest BCUT2D eigenvalue weighted by Gasteiger charge is -2.25. The van der Waals surface area contributed by atoms with Crippen molar-refractivity contribution in [2.75, 3.05) is 0 Å². The quantitative estimate of drug-likeness (QED) is 0.173. The molecular formula is C67H44N2O2. The molecule has 2 aromatic heterocycles. The third-order valence-corrected chi connectivity index (χ3v) is 17.1. The normalized spacial score (nSPS) is 15.2. The average Bonchev–Trinajstić information content (AvgIpc) is 4.13. The Morgan fingerprint density at radius 1 is 0.324 bits per heavy atom. The van der Waals surface area contributed by atoms with Crippen molar-refractivity contribution < 1.29 is 8.83 Å². The number of nitrogens with zero attached hydrogens (tertiary/aromatic N) is 2. The van der Waals surface area contributed by atoms with E-state index in [-0.39, 0.29) is 16.2 Å². The highest BCUT2D eigenvalue weighted by Crippen LogP contribution is 2.62. The Kier molecular flexibility index (Phi) is 7.55.